The van der Waals surface area contributed by atoms with E-state index in [-0.39, 0.29) is 12.5 Å². The molecule has 1 atom stereocenters. The van der Waals surface area contributed by atoms with E-state index in [1.54, 1.807) is 11.8 Å². The van der Waals surface area contributed by atoms with Crippen LogP contribution in [-0.4, -0.2) is 47.2 Å². The van der Waals surface area contributed by atoms with Crippen molar-refractivity contribution in [2.75, 3.05) is 24.7 Å². The molecule has 1 amide bonds. The van der Waals surface area contributed by atoms with Crippen molar-refractivity contribution in [3.8, 4) is 0 Å². The third kappa shape index (κ3) is 4.49. The molecule has 5 nitrogen and oxygen atoms in total. The van der Waals surface area contributed by atoms with Crippen molar-refractivity contribution in [2.45, 2.75) is 38.1 Å². The number of rotatable bonds is 8. The number of unbranched alkanes of at least 4 members (excludes halogenated alkanes) is 2. The van der Waals surface area contributed by atoms with E-state index >= 15 is 0 Å². The molecule has 1 aliphatic heterocycles. The summed E-state index contributed by atoms with van der Waals surface area (Å²) in [5, 5.41) is 11.8. The molecule has 0 saturated carbocycles. The lowest BCUT2D eigenvalue weighted by Crippen LogP contribution is -2.55. The summed E-state index contributed by atoms with van der Waals surface area (Å²) in [6.07, 6.45) is 3.60. The predicted molar refractivity (Wildman–Crippen MR) is 70.8 cm³/mol. The molecule has 1 aliphatic rings. The first-order chi connectivity index (χ1) is 8.60. The van der Waals surface area contributed by atoms with Gasteiger partial charge in [-0.05, 0) is 18.6 Å². The van der Waals surface area contributed by atoms with Crippen LogP contribution in [0.2, 0.25) is 0 Å². The minimum absolute atomic E-state index is 0.0522. The average Bonchev–Trinajstić information content (AvgIpc) is 2.78. The summed E-state index contributed by atoms with van der Waals surface area (Å²) in [5.74, 6) is -0.0864. The highest BCUT2D eigenvalue weighted by molar-refractivity contribution is 7.99. The van der Waals surface area contributed by atoms with Gasteiger partial charge in [0.2, 0.25) is 5.91 Å². The number of thioether (sulfide) groups is 1. The second-order valence-corrected chi connectivity index (χ2v) is 5.60. The Labute approximate surface area is 112 Å². The van der Waals surface area contributed by atoms with Crippen LogP contribution in [-0.2, 0) is 14.3 Å². The van der Waals surface area contributed by atoms with Gasteiger partial charge in [0, 0.05) is 12.4 Å². The van der Waals surface area contributed by atoms with Gasteiger partial charge in [-0.3, -0.25) is 4.79 Å². The molecule has 1 unspecified atom stereocenters. The fourth-order valence-corrected chi connectivity index (χ4v) is 3.13. The van der Waals surface area contributed by atoms with Gasteiger partial charge in [-0.2, -0.15) is 11.8 Å². The first-order valence-electron chi connectivity index (χ1n) is 6.30. The molecular weight excluding hydrogens is 254 g/mol. The highest BCUT2D eigenvalue weighted by Crippen LogP contribution is 2.28. The molecule has 18 heavy (non-hydrogen) atoms. The normalized spacial score (nSPS) is 22.9. The lowest BCUT2D eigenvalue weighted by Gasteiger charge is -2.24. The number of amides is 1. The zero-order valence-electron chi connectivity index (χ0n) is 10.7. The molecule has 1 fully saturated rings. The van der Waals surface area contributed by atoms with Gasteiger partial charge >= 0.3 is 5.97 Å². The molecule has 0 bridgehead atoms. The van der Waals surface area contributed by atoms with Crippen LogP contribution in [0.25, 0.3) is 0 Å². The van der Waals surface area contributed by atoms with Crippen molar-refractivity contribution < 1.29 is 19.4 Å². The molecule has 0 radical (unpaired) electrons. The summed E-state index contributed by atoms with van der Waals surface area (Å²) >= 11 is 1.55. The number of nitrogens with one attached hydrogen (secondary N) is 1. The molecule has 0 aromatic rings. The van der Waals surface area contributed by atoms with E-state index < -0.39 is 11.5 Å². The van der Waals surface area contributed by atoms with Crippen LogP contribution in [0.15, 0.2) is 0 Å². The molecule has 0 aromatic heterocycles. The minimum Gasteiger partial charge on any atom is -0.479 e. The van der Waals surface area contributed by atoms with Crippen molar-refractivity contribution in [1.82, 2.24) is 5.32 Å². The molecule has 6 heteroatoms. The highest BCUT2D eigenvalue weighted by Gasteiger charge is 2.43. The van der Waals surface area contributed by atoms with Crippen LogP contribution in [0, 0.1) is 0 Å². The van der Waals surface area contributed by atoms with E-state index in [9.17, 15) is 14.7 Å². The topological polar surface area (TPSA) is 75.6 Å². The van der Waals surface area contributed by atoms with Gasteiger partial charge in [0.05, 0.1) is 0 Å². The molecule has 1 heterocycles. The van der Waals surface area contributed by atoms with E-state index in [1.807, 2.05) is 0 Å². The maximum absolute atomic E-state index is 11.6. The number of carboxylic acids is 1. The fourth-order valence-electron chi connectivity index (χ4n) is 1.81. The molecule has 0 spiro atoms. The Morgan fingerprint density at radius 3 is 2.78 bits per heavy atom. The maximum Gasteiger partial charge on any atom is 0.330 e. The standard InChI is InChI=1S/C12H21NO4S/c1-2-3-4-6-17-8-10(14)13-12(11(15)16)5-7-18-9-12/h2-9H2,1H3,(H,13,14)(H,15,16). The van der Waals surface area contributed by atoms with Gasteiger partial charge in [-0.25, -0.2) is 4.79 Å². The Balaban J connectivity index is 2.27. The lowest BCUT2D eigenvalue weighted by molar-refractivity contribution is -0.147. The van der Waals surface area contributed by atoms with Gasteiger partial charge in [-0.1, -0.05) is 19.8 Å². The lowest BCUT2D eigenvalue weighted by atomic mass is 9.99. The van der Waals surface area contributed by atoms with Crippen LogP contribution < -0.4 is 5.32 Å². The largest absolute Gasteiger partial charge is 0.479 e. The molecule has 0 aliphatic carbocycles. The van der Waals surface area contributed by atoms with E-state index in [1.165, 1.54) is 0 Å². The van der Waals surface area contributed by atoms with Gasteiger partial charge in [-0.15, -0.1) is 0 Å². The van der Waals surface area contributed by atoms with Crippen LogP contribution in [0.1, 0.15) is 32.6 Å². The number of aliphatic carboxylic acids is 1. The number of ether oxygens (including phenoxy) is 1. The zero-order chi connectivity index (χ0) is 13.4. The number of carbonyl (C=O) groups excluding carboxylic acids is 1. The van der Waals surface area contributed by atoms with Crippen molar-refractivity contribution in [3.63, 3.8) is 0 Å². The second kappa shape index (κ2) is 7.63. The number of carbonyl (C=O) groups is 2. The summed E-state index contributed by atoms with van der Waals surface area (Å²) in [5.41, 5.74) is -1.09. The Bertz CT molecular complexity index is 290. The van der Waals surface area contributed by atoms with Gasteiger partial charge in [0.1, 0.15) is 12.1 Å². The quantitative estimate of drug-likeness (QED) is 0.652. The highest BCUT2D eigenvalue weighted by atomic mass is 32.2. The SMILES string of the molecule is CCCCCOCC(=O)NC1(C(=O)O)CCSC1. The zero-order valence-corrected chi connectivity index (χ0v) is 11.6. The fraction of sp³-hybridized carbons (Fsp3) is 0.833. The molecule has 1 saturated heterocycles. The summed E-state index contributed by atoms with van der Waals surface area (Å²) < 4.78 is 5.22. The first-order valence-corrected chi connectivity index (χ1v) is 7.46. The van der Waals surface area contributed by atoms with Gasteiger partial charge in [0.25, 0.3) is 0 Å². The van der Waals surface area contributed by atoms with Crippen molar-refractivity contribution in [3.05, 3.63) is 0 Å². The number of hydrogen-bond donors (Lipinski definition) is 2. The van der Waals surface area contributed by atoms with Crippen LogP contribution >= 0.6 is 11.8 Å². The third-order valence-electron chi connectivity index (χ3n) is 2.94. The van der Waals surface area contributed by atoms with Gasteiger partial charge < -0.3 is 15.2 Å². The number of hydrogen-bond acceptors (Lipinski definition) is 4. The van der Waals surface area contributed by atoms with E-state index in [2.05, 4.69) is 12.2 Å². The smallest absolute Gasteiger partial charge is 0.330 e. The van der Waals surface area contributed by atoms with Crippen LogP contribution in [0.3, 0.4) is 0 Å². The van der Waals surface area contributed by atoms with Gasteiger partial charge in [0.15, 0.2) is 0 Å². The summed E-state index contributed by atoms with van der Waals surface area (Å²) in [4.78, 5) is 22.8. The Morgan fingerprint density at radius 2 is 2.22 bits per heavy atom. The Hall–Kier alpha value is -0.750. The van der Waals surface area contributed by atoms with E-state index in [4.69, 9.17) is 4.74 Å². The van der Waals surface area contributed by atoms with E-state index in [0.717, 1.165) is 25.0 Å². The minimum atomic E-state index is -1.09. The third-order valence-corrected chi connectivity index (χ3v) is 4.12. The summed E-state index contributed by atoms with van der Waals surface area (Å²) in [6, 6.07) is 0. The molecular formula is C12H21NO4S. The van der Waals surface area contributed by atoms with Crippen molar-refractivity contribution in [1.29, 1.82) is 0 Å². The van der Waals surface area contributed by atoms with Crippen LogP contribution in [0.4, 0.5) is 0 Å². The number of carboxylic acid groups (broad SMARTS) is 1. The molecule has 0 aromatic carbocycles. The second-order valence-electron chi connectivity index (χ2n) is 4.50. The average molecular weight is 275 g/mol. The summed E-state index contributed by atoms with van der Waals surface area (Å²) in [6.45, 7) is 2.60. The van der Waals surface area contributed by atoms with Crippen LogP contribution in [0.5, 0.6) is 0 Å². The van der Waals surface area contributed by atoms with E-state index in [0.29, 0.717) is 18.8 Å². The van der Waals surface area contributed by atoms with Crippen molar-refractivity contribution >= 4 is 23.6 Å². The monoisotopic (exact) mass is 275 g/mol. The predicted octanol–water partition coefficient (Wildman–Crippen LogP) is 1.27. The maximum atomic E-state index is 11.6. The summed E-state index contributed by atoms with van der Waals surface area (Å²) in [7, 11) is 0. The molecule has 1 rings (SSSR count). The Kier molecular flexibility index (Phi) is 6.49. The molecule has 104 valence electrons. The molecule has 2 N–H and O–H groups in total. The van der Waals surface area contributed by atoms with Crippen molar-refractivity contribution in [2.24, 2.45) is 0 Å². The Morgan fingerprint density at radius 1 is 1.44 bits per heavy atom. The first kappa shape index (κ1) is 15.3.